The highest BCUT2D eigenvalue weighted by atomic mass is 19.4. The number of fused-ring (bicyclic) bond motifs is 1. The van der Waals surface area contributed by atoms with Crippen molar-refractivity contribution in [1.29, 1.82) is 0 Å². The van der Waals surface area contributed by atoms with Crippen LogP contribution in [0.15, 0.2) is 54.6 Å². The number of hydrogen-bond acceptors (Lipinski definition) is 2. The van der Waals surface area contributed by atoms with Gasteiger partial charge in [-0.05, 0) is 43.4 Å². The van der Waals surface area contributed by atoms with E-state index in [2.05, 4.69) is 4.98 Å². The lowest BCUT2D eigenvalue weighted by molar-refractivity contribution is -0.272. The van der Waals surface area contributed by atoms with Crippen molar-refractivity contribution in [3.63, 3.8) is 0 Å². The fourth-order valence-corrected chi connectivity index (χ4v) is 4.68. The van der Waals surface area contributed by atoms with Gasteiger partial charge in [-0.15, -0.1) is 0 Å². The van der Waals surface area contributed by atoms with Gasteiger partial charge in [-0.3, -0.25) is 0 Å². The minimum absolute atomic E-state index is 0.0404. The number of aromatic nitrogens is 1. The van der Waals surface area contributed by atoms with Gasteiger partial charge in [-0.25, -0.2) is 0 Å². The van der Waals surface area contributed by atoms with Crippen LogP contribution in [0.5, 0.6) is 5.75 Å². The number of rotatable bonds is 2. The molecule has 6 heteroatoms. The molecule has 3 N–H and O–H groups in total. The Morgan fingerprint density at radius 2 is 1.80 bits per heavy atom. The van der Waals surface area contributed by atoms with Crippen LogP contribution in [0.4, 0.5) is 13.2 Å². The third-order valence-electron chi connectivity index (χ3n) is 6.24. The van der Waals surface area contributed by atoms with E-state index in [1.807, 2.05) is 19.1 Å². The number of alkyl halides is 3. The molecule has 0 saturated carbocycles. The third-order valence-corrected chi connectivity index (χ3v) is 6.24. The van der Waals surface area contributed by atoms with Crippen LogP contribution in [0.2, 0.25) is 0 Å². The molecule has 1 aliphatic carbocycles. The molecule has 1 heterocycles. The molecular formula is C24H24F3NO2. The minimum Gasteiger partial charge on any atom is -0.507 e. The number of nitrogens with one attached hydrogen (secondary N) is 1. The smallest absolute Gasteiger partial charge is 0.418 e. The number of benzene rings is 2. The van der Waals surface area contributed by atoms with Crippen molar-refractivity contribution in [1.82, 2.24) is 4.98 Å². The maximum atomic E-state index is 14.3. The highest BCUT2D eigenvalue weighted by Gasteiger charge is 2.62. The van der Waals surface area contributed by atoms with E-state index in [0.29, 0.717) is 22.3 Å². The molecule has 0 saturated heterocycles. The van der Waals surface area contributed by atoms with E-state index in [9.17, 15) is 23.4 Å². The SMILES string of the molecule is Cc1cc(C)c(O)c(C2(C)C=CC(c3cc4ccccc4[nH]3)C(O)(C(F)(F)F)C2)c1. The van der Waals surface area contributed by atoms with Crippen LogP contribution in [0.1, 0.15) is 41.6 Å². The quantitative estimate of drug-likeness (QED) is 0.465. The van der Waals surface area contributed by atoms with Crippen molar-refractivity contribution in [3.8, 4) is 5.75 Å². The Morgan fingerprint density at radius 3 is 2.47 bits per heavy atom. The molecule has 1 aromatic heterocycles. The van der Waals surface area contributed by atoms with E-state index in [1.54, 1.807) is 50.3 Å². The first-order chi connectivity index (χ1) is 13.9. The van der Waals surface area contributed by atoms with E-state index < -0.39 is 29.5 Å². The van der Waals surface area contributed by atoms with Gasteiger partial charge < -0.3 is 15.2 Å². The Balaban J connectivity index is 1.88. The highest BCUT2D eigenvalue weighted by molar-refractivity contribution is 5.80. The lowest BCUT2D eigenvalue weighted by atomic mass is 9.63. The van der Waals surface area contributed by atoms with Crippen LogP contribution in [-0.2, 0) is 5.41 Å². The maximum Gasteiger partial charge on any atom is 0.418 e. The summed E-state index contributed by atoms with van der Waals surface area (Å²) in [6.07, 6.45) is -2.37. The molecule has 0 bridgehead atoms. The molecule has 0 spiro atoms. The van der Waals surface area contributed by atoms with Crippen molar-refractivity contribution in [2.75, 3.05) is 0 Å². The molecular weight excluding hydrogens is 391 g/mol. The summed E-state index contributed by atoms with van der Waals surface area (Å²) in [7, 11) is 0. The Labute approximate surface area is 172 Å². The van der Waals surface area contributed by atoms with Crippen molar-refractivity contribution in [2.45, 2.75) is 50.3 Å². The number of halogens is 3. The van der Waals surface area contributed by atoms with Crippen molar-refractivity contribution < 1.29 is 23.4 Å². The summed E-state index contributed by atoms with van der Waals surface area (Å²) in [5, 5.41) is 22.5. The minimum atomic E-state index is -4.87. The van der Waals surface area contributed by atoms with E-state index in [-0.39, 0.29) is 5.75 Å². The number of H-pyrrole nitrogens is 1. The first kappa shape index (κ1) is 20.5. The Morgan fingerprint density at radius 1 is 1.10 bits per heavy atom. The average Bonchev–Trinajstić information content (AvgIpc) is 3.07. The zero-order chi connectivity index (χ0) is 21.9. The van der Waals surface area contributed by atoms with Crippen LogP contribution in [0, 0.1) is 13.8 Å². The van der Waals surface area contributed by atoms with Crippen molar-refractivity contribution in [2.24, 2.45) is 0 Å². The number of allylic oxidation sites excluding steroid dienone is 1. The molecule has 3 unspecified atom stereocenters. The van der Waals surface area contributed by atoms with Gasteiger partial charge in [0.15, 0.2) is 5.60 Å². The molecule has 4 rings (SSSR count). The molecule has 0 radical (unpaired) electrons. The third kappa shape index (κ3) is 3.10. The van der Waals surface area contributed by atoms with Gasteiger partial charge in [0.1, 0.15) is 5.75 Å². The summed E-state index contributed by atoms with van der Waals surface area (Å²) in [5.41, 5.74) is -1.36. The number of aromatic hydroxyl groups is 1. The zero-order valence-corrected chi connectivity index (χ0v) is 17.0. The standard InChI is InChI=1S/C24H24F3NO2/c1-14-10-15(2)21(29)18(11-14)22(3)9-8-17(23(30,13-22)24(25,26)27)20-12-16-6-4-5-7-19(16)28-20/h4-12,17,28-30H,13H2,1-3H3. The van der Waals surface area contributed by atoms with E-state index in [1.165, 1.54) is 6.08 Å². The average molecular weight is 415 g/mol. The second kappa shape index (κ2) is 6.64. The number of phenolic OH excluding ortho intramolecular Hbond substituents is 1. The van der Waals surface area contributed by atoms with Gasteiger partial charge in [-0.2, -0.15) is 13.2 Å². The van der Waals surface area contributed by atoms with Gasteiger partial charge in [0.05, 0.1) is 5.92 Å². The molecule has 0 amide bonds. The Kier molecular flexibility index (Phi) is 4.54. The Bertz CT molecular complexity index is 1110. The lowest BCUT2D eigenvalue weighted by Crippen LogP contribution is -2.55. The van der Waals surface area contributed by atoms with Crippen LogP contribution >= 0.6 is 0 Å². The van der Waals surface area contributed by atoms with E-state index >= 15 is 0 Å². The first-order valence-corrected chi connectivity index (χ1v) is 9.81. The predicted octanol–water partition coefficient (Wildman–Crippen LogP) is 5.79. The van der Waals surface area contributed by atoms with Crippen LogP contribution < -0.4 is 0 Å². The highest BCUT2D eigenvalue weighted by Crippen LogP contribution is 2.54. The monoisotopic (exact) mass is 415 g/mol. The zero-order valence-electron chi connectivity index (χ0n) is 17.0. The molecule has 0 aliphatic heterocycles. The fourth-order valence-electron chi connectivity index (χ4n) is 4.68. The molecule has 158 valence electrons. The largest absolute Gasteiger partial charge is 0.507 e. The topological polar surface area (TPSA) is 56.2 Å². The summed E-state index contributed by atoms with van der Waals surface area (Å²) >= 11 is 0. The fraction of sp³-hybridized carbons (Fsp3) is 0.333. The van der Waals surface area contributed by atoms with Crippen molar-refractivity contribution >= 4 is 10.9 Å². The normalized spacial score (nSPS) is 27.0. The number of aryl methyl sites for hydroxylation is 2. The Hall–Kier alpha value is -2.73. The molecule has 3 nitrogen and oxygen atoms in total. The van der Waals surface area contributed by atoms with Gasteiger partial charge in [-0.1, -0.05) is 55.0 Å². The summed E-state index contributed by atoms with van der Waals surface area (Å²) < 4.78 is 42.8. The molecule has 2 aromatic carbocycles. The summed E-state index contributed by atoms with van der Waals surface area (Å²) in [6, 6.07) is 12.3. The van der Waals surface area contributed by atoms with Crippen LogP contribution in [0.25, 0.3) is 10.9 Å². The predicted molar refractivity (Wildman–Crippen MR) is 111 cm³/mol. The number of aromatic amines is 1. The molecule has 0 fully saturated rings. The number of phenols is 1. The first-order valence-electron chi connectivity index (χ1n) is 9.81. The van der Waals surface area contributed by atoms with Gasteiger partial charge in [0.25, 0.3) is 0 Å². The molecule has 3 atom stereocenters. The molecule has 1 aliphatic rings. The molecule has 3 aromatic rings. The van der Waals surface area contributed by atoms with Gasteiger partial charge >= 0.3 is 6.18 Å². The number of aliphatic hydroxyl groups is 1. The van der Waals surface area contributed by atoms with Gasteiger partial charge in [0.2, 0.25) is 0 Å². The lowest BCUT2D eigenvalue weighted by Gasteiger charge is -2.45. The number of para-hydroxylation sites is 1. The van der Waals surface area contributed by atoms with Crippen LogP contribution in [-0.4, -0.2) is 27.0 Å². The van der Waals surface area contributed by atoms with E-state index in [0.717, 1.165) is 10.9 Å². The maximum absolute atomic E-state index is 14.3. The summed E-state index contributed by atoms with van der Waals surface area (Å²) in [5.74, 6) is -1.33. The second-order valence-corrected chi connectivity index (χ2v) is 8.64. The second-order valence-electron chi connectivity index (χ2n) is 8.64. The summed E-state index contributed by atoms with van der Waals surface area (Å²) in [4.78, 5) is 3.03. The van der Waals surface area contributed by atoms with Crippen LogP contribution in [0.3, 0.4) is 0 Å². The number of hydrogen-bond donors (Lipinski definition) is 3. The van der Waals surface area contributed by atoms with Gasteiger partial charge in [0, 0.05) is 22.2 Å². The van der Waals surface area contributed by atoms with Crippen molar-refractivity contribution in [3.05, 3.63) is 77.0 Å². The summed E-state index contributed by atoms with van der Waals surface area (Å²) in [6.45, 7) is 5.16. The van der Waals surface area contributed by atoms with E-state index in [4.69, 9.17) is 0 Å². The molecule has 30 heavy (non-hydrogen) atoms.